The van der Waals surface area contributed by atoms with Crippen molar-refractivity contribution in [1.29, 1.82) is 0 Å². The normalized spacial score (nSPS) is 27.1. The number of carbonyl (C=O) groups excluding carboxylic acids is 3. The van der Waals surface area contributed by atoms with E-state index in [-0.39, 0.29) is 23.7 Å². The molecule has 1 aliphatic heterocycles. The molecule has 3 rings (SSSR count). The van der Waals surface area contributed by atoms with Crippen molar-refractivity contribution in [3.63, 3.8) is 0 Å². The number of rotatable bonds is 5. The van der Waals surface area contributed by atoms with Gasteiger partial charge in [0.25, 0.3) is 0 Å². The molecular formula is C25H35NO5. The Labute approximate surface area is 185 Å². The lowest BCUT2D eigenvalue weighted by Crippen LogP contribution is -2.52. The predicted octanol–water partition coefficient (Wildman–Crippen LogP) is 4.75. The Kier molecular flexibility index (Phi) is 7.52. The summed E-state index contributed by atoms with van der Waals surface area (Å²) in [5.41, 5.74) is 0.458. The molecular weight excluding hydrogens is 394 g/mol. The van der Waals surface area contributed by atoms with Crippen LogP contribution in [0.4, 0.5) is 4.79 Å². The molecule has 1 saturated carbocycles. The van der Waals surface area contributed by atoms with E-state index in [4.69, 9.17) is 9.47 Å². The molecule has 0 bridgehead atoms. The van der Waals surface area contributed by atoms with E-state index < -0.39 is 23.5 Å². The lowest BCUT2D eigenvalue weighted by molar-refractivity contribution is -0.147. The van der Waals surface area contributed by atoms with Gasteiger partial charge in [0.1, 0.15) is 11.4 Å². The lowest BCUT2D eigenvalue weighted by Gasteiger charge is -2.37. The van der Waals surface area contributed by atoms with Gasteiger partial charge in [-0.25, -0.2) is 9.69 Å². The number of Topliss-reactive ketones (excluding diaryl/α,β-unsaturated/α-hetero) is 1. The van der Waals surface area contributed by atoms with Crippen LogP contribution in [0.3, 0.4) is 0 Å². The molecule has 6 nitrogen and oxygen atoms in total. The molecule has 2 amide bonds. The number of imide groups is 1. The SMILES string of the molecule is CC1CC(C(=O)C2CCC(OCc3ccccc3)CC2)C(=O)N(C(=O)OC(C)(C)C)C1. The Morgan fingerprint density at radius 3 is 2.32 bits per heavy atom. The van der Waals surface area contributed by atoms with E-state index in [1.165, 1.54) is 0 Å². The van der Waals surface area contributed by atoms with E-state index in [0.717, 1.165) is 36.1 Å². The monoisotopic (exact) mass is 429 g/mol. The largest absolute Gasteiger partial charge is 0.443 e. The second kappa shape index (κ2) is 9.94. The lowest BCUT2D eigenvalue weighted by atomic mass is 9.76. The van der Waals surface area contributed by atoms with Gasteiger partial charge in [-0.3, -0.25) is 9.59 Å². The Morgan fingerprint density at radius 2 is 1.71 bits per heavy atom. The molecule has 2 fully saturated rings. The van der Waals surface area contributed by atoms with Crippen LogP contribution in [0.2, 0.25) is 0 Å². The second-order valence-electron chi connectivity index (χ2n) is 10.00. The number of likely N-dealkylation sites (tertiary alicyclic amines) is 1. The molecule has 6 heteroatoms. The zero-order valence-corrected chi connectivity index (χ0v) is 19.1. The quantitative estimate of drug-likeness (QED) is 0.632. The highest BCUT2D eigenvalue weighted by Gasteiger charge is 2.43. The van der Waals surface area contributed by atoms with Gasteiger partial charge >= 0.3 is 6.09 Å². The van der Waals surface area contributed by atoms with Gasteiger partial charge in [0.2, 0.25) is 5.91 Å². The zero-order valence-electron chi connectivity index (χ0n) is 19.1. The van der Waals surface area contributed by atoms with Gasteiger partial charge in [0.15, 0.2) is 0 Å². The maximum absolute atomic E-state index is 13.2. The molecule has 1 heterocycles. The minimum atomic E-state index is -0.747. The van der Waals surface area contributed by atoms with E-state index in [1.807, 2.05) is 37.3 Å². The van der Waals surface area contributed by atoms with Crippen LogP contribution in [-0.4, -0.2) is 40.9 Å². The van der Waals surface area contributed by atoms with Gasteiger partial charge in [0.05, 0.1) is 18.6 Å². The van der Waals surface area contributed by atoms with Gasteiger partial charge in [-0.15, -0.1) is 0 Å². The minimum absolute atomic E-state index is 0.0216. The average molecular weight is 430 g/mol. The van der Waals surface area contributed by atoms with Crippen molar-refractivity contribution in [2.24, 2.45) is 17.8 Å². The molecule has 170 valence electrons. The Hall–Kier alpha value is -2.21. The summed E-state index contributed by atoms with van der Waals surface area (Å²) in [6.45, 7) is 8.15. The number of ketones is 1. The highest BCUT2D eigenvalue weighted by molar-refractivity contribution is 6.07. The highest BCUT2D eigenvalue weighted by atomic mass is 16.6. The number of amides is 2. The van der Waals surface area contributed by atoms with Crippen LogP contribution < -0.4 is 0 Å². The number of carbonyl (C=O) groups is 3. The number of hydrogen-bond acceptors (Lipinski definition) is 5. The first-order valence-corrected chi connectivity index (χ1v) is 11.4. The molecule has 1 aromatic carbocycles. The van der Waals surface area contributed by atoms with Crippen LogP contribution in [-0.2, 0) is 25.7 Å². The van der Waals surface area contributed by atoms with Crippen LogP contribution in [0.5, 0.6) is 0 Å². The van der Waals surface area contributed by atoms with E-state index in [1.54, 1.807) is 20.8 Å². The van der Waals surface area contributed by atoms with Crippen molar-refractivity contribution in [3.05, 3.63) is 35.9 Å². The van der Waals surface area contributed by atoms with E-state index in [9.17, 15) is 14.4 Å². The molecule has 1 saturated heterocycles. The number of hydrogen-bond donors (Lipinski definition) is 0. The van der Waals surface area contributed by atoms with Crippen molar-refractivity contribution in [3.8, 4) is 0 Å². The first kappa shape index (κ1) is 23.5. The van der Waals surface area contributed by atoms with Gasteiger partial charge < -0.3 is 9.47 Å². The van der Waals surface area contributed by atoms with Crippen molar-refractivity contribution in [2.75, 3.05) is 6.54 Å². The van der Waals surface area contributed by atoms with Gasteiger partial charge in [-0.1, -0.05) is 37.3 Å². The molecule has 2 aliphatic rings. The zero-order chi connectivity index (χ0) is 22.6. The number of nitrogens with zero attached hydrogens (tertiary/aromatic N) is 1. The van der Waals surface area contributed by atoms with Crippen molar-refractivity contribution >= 4 is 17.8 Å². The molecule has 0 spiro atoms. The third-order valence-corrected chi connectivity index (χ3v) is 6.06. The fourth-order valence-electron chi connectivity index (χ4n) is 4.47. The van der Waals surface area contributed by atoms with Gasteiger partial charge in [0, 0.05) is 12.5 Å². The summed E-state index contributed by atoms with van der Waals surface area (Å²) in [4.78, 5) is 39.8. The van der Waals surface area contributed by atoms with E-state index in [0.29, 0.717) is 19.6 Å². The van der Waals surface area contributed by atoms with Crippen LogP contribution in [0.1, 0.15) is 65.4 Å². The molecule has 1 aromatic rings. The molecule has 0 aromatic heterocycles. The summed E-state index contributed by atoms with van der Waals surface area (Å²) >= 11 is 0. The summed E-state index contributed by atoms with van der Waals surface area (Å²) < 4.78 is 11.4. The molecule has 0 N–H and O–H groups in total. The number of benzene rings is 1. The van der Waals surface area contributed by atoms with Crippen LogP contribution in [0.15, 0.2) is 30.3 Å². The van der Waals surface area contributed by atoms with Crippen molar-refractivity contribution in [2.45, 2.75) is 78.1 Å². The number of piperidine rings is 1. The van der Waals surface area contributed by atoms with E-state index in [2.05, 4.69) is 0 Å². The van der Waals surface area contributed by atoms with Gasteiger partial charge in [-0.2, -0.15) is 0 Å². The highest BCUT2D eigenvalue weighted by Crippen LogP contribution is 2.33. The van der Waals surface area contributed by atoms with E-state index >= 15 is 0 Å². The fraction of sp³-hybridized carbons (Fsp3) is 0.640. The maximum atomic E-state index is 13.2. The number of ether oxygens (including phenoxy) is 2. The Morgan fingerprint density at radius 1 is 1.06 bits per heavy atom. The Bertz CT molecular complexity index is 777. The molecule has 2 atom stereocenters. The van der Waals surface area contributed by atoms with Crippen molar-refractivity contribution < 1.29 is 23.9 Å². The molecule has 31 heavy (non-hydrogen) atoms. The minimum Gasteiger partial charge on any atom is -0.443 e. The third kappa shape index (κ3) is 6.39. The van der Waals surface area contributed by atoms with Crippen LogP contribution >= 0.6 is 0 Å². The summed E-state index contributed by atoms with van der Waals surface area (Å²) in [6, 6.07) is 10.1. The summed E-state index contributed by atoms with van der Waals surface area (Å²) in [6.07, 6.45) is 3.07. The predicted molar refractivity (Wildman–Crippen MR) is 117 cm³/mol. The average Bonchev–Trinajstić information content (AvgIpc) is 2.73. The first-order valence-electron chi connectivity index (χ1n) is 11.4. The van der Waals surface area contributed by atoms with Gasteiger partial charge in [-0.05, 0) is 64.4 Å². The standard InChI is InChI=1S/C25H35NO5/c1-17-14-21(23(28)26(15-17)24(29)31-25(2,3)4)22(27)19-10-12-20(13-11-19)30-16-18-8-6-5-7-9-18/h5-9,17,19-21H,10-16H2,1-4H3. The summed E-state index contributed by atoms with van der Waals surface area (Å²) in [5.74, 6) is -1.24. The van der Waals surface area contributed by atoms with Crippen LogP contribution in [0.25, 0.3) is 0 Å². The summed E-state index contributed by atoms with van der Waals surface area (Å²) in [5, 5.41) is 0. The summed E-state index contributed by atoms with van der Waals surface area (Å²) in [7, 11) is 0. The fourth-order valence-corrected chi connectivity index (χ4v) is 4.47. The third-order valence-electron chi connectivity index (χ3n) is 6.06. The Balaban J connectivity index is 1.54. The molecule has 2 unspecified atom stereocenters. The second-order valence-corrected chi connectivity index (χ2v) is 10.00. The first-order chi connectivity index (χ1) is 14.6. The topological polar surface area (TPSA) is 72.9 Å². The smallest absolute Gasteiger partial charge is 0.417 e. The maximum Gasteiger partial charge on any atom is 0.417 e. The molecule has 0 radical (unpaired) electrons. The van der Waals surface area contributed by atoms with Crippen LogP contribution in [0, 0.1) is 17.8 Å². The van der Waals surface area contributed by atoms with Crippen molar-refractivity contribution in [1.82, 2.24) is 4.90 Å². The molecule has 1 aliphatic carbocycles.